The van der Waals surface area contributed by atoms with Crippen LogP contribution >= 0.6 is 0 Å². The predicted molar refractivity (Wildman–Crippen MR) is 99.9 cm³/mol. The maximum Gasteiger partial charge on any atom is 0.303 e. The Morgan fingerprint density at radius 2 is 1.56 bits per heavy atom. The fraction of sp³-hybridized carbons (Fsp3) is 0.227. The Morgan fingerprint density at radius 1 is 0.840 bits per heavy atom. The van der Waals surface area contributed by atoms with Crippen LogP contribution in [0.15, 0.2) is 66.7 Å². The summed E-state index contributed by atoms with van der Waals surface area (Å²) in [7, 11) is 0. The second kappa shape index (κ2) is 8.34. The van der Waals surface area contributed by atoms with E-state index >= 15 is 0 Å². The molecule has 3 aromatic carbocycles. The zero-order valence-corrected chi connectivity index (χ0v) is 14.2. The highest BCUT2D eigenvalue weighted by Gasteiger charge is 2.06. The minimum absolute atomic E-state index is 0.221. The van der Waals surface area contributed by atoms with Crippen LogP contribution in [0, 0.1) is 0 Å². The predicted octanol–water partition coefficient (Wildman–Crippen LogP) is 5.22. The molecule has 0 heterocycles. The Balaban J connectivity index is 1.67. The third-order valence-electron chi connectivity index (χ3n) is 4.32. The highest BCUT2D eigenvalue weighted by Crippen LogP contribution is 2.24. The van der Waals surface area contributed by atoms with Crippen molar-refractivity contribution in [2.24, 2.45) is 0 Å². The summed E-state index contributed by atoms with van der Waals surface area (Å²) in [5.41, 5.74) is 2.30. The van der Waals surface area contributed by atoms with Gasteiger partial charge in [0.25, 0.3) is 0 Å². The number of ether oxygens (including phenoxy) is 1. The number of carbonyl (C=O) groups is 1. The molecule has 0 spiro atoms. The molecule has 128 valence electrons. The Hall–Kier alpha value is -2.81. The summed E-state index contributed by atoms with van der Waals surface area (Å²) in [6.07, 6.45) is 2.59. The van der Waals surface area contributed by atoms with Crippen molar-refractivity contribution in [1.82, 2.24) is 0 Å². The number of carboxylic acids is 1. The number of carboxylic acid groups (broad SMARTS) is 1. The number of hydrogen-bond donors (Lipinski definition) is 1. The minimum Gasteiger partial charge on any atom is -0.489 e. The van der Waals surface area contributed by atoms with Crippen molar-refractivity contribution in [3.8, 4) is 5.75 Å². The van der Waals surface area contributed by atoms with Crippen molar-refractivity contribution >= 4 is 16.7 Å². The molecule has 0 aliphatic carbocycles. The Bertz CT molecular complexity index is 849. The fourth-order valence-corrected chi connectivity index (χ4v) is 3.02. The van der Waals surface area contributed by atoms with Gasteiger partial charge in [-0.25, -0.2) is 0 Å². The van der Waals surface area contributed by atoms with Crippen molar-refractivity contribution in [3.63, 3.8) is 0 Å². The topological polar surface area (TPSA) is 46.5 Å². The fourth-order valence-electron chi connectivity index (χ4n) is 3.02. The lowest BCUT2D eigenvalue weighted by molar-refractivity contribution is -0.137. The monoisotopic (exact) mass is 334 g/mol. The normalized spacial score (nSPS) is 10.7. The minimum atomic E-state index is -0.736. The largest absolute Gasteiger partial charge is 0.489 e. The van der Waals surface area contributed by atoms with E-state index in [1.54, 1.807) is 0 Å². The molecule has 0 saturated carbocycles. The van der Waals surface area contributed by atoms with Crippen molar-refractivity contribution in [1.29, 1.82) is 0 Å². The Labute approximate surface area is 147 Å². The maximum atomic E-state index is 10.6. The van der Waals surface area contributed by atoms with Crippen LogP contribution in [0.25, 0.3) is 10.8 Å². The lowest BCUT2D eigenvalue weighted by Crippen LogP contribution is -2.00. The number of benzene rings is 3. The molecule has 25 heavy (non-hydrogen) atoms. The van der Waals surface area contributed by atoms with E-state index in [-0.39, 0.29) is 6.42 Å². The summed E-state index contributed by atoms with van der Waals surface area (Å²) in [5, 5.41) is 11.2. The van der Waals surface area contributed by atoms with Crippen LogP contribution in [-0.2, 0) is 17.8 Å². The van der Waals surface area contributed by atoms with E-state index in [9.17, 15) is 4.79 Å². The molecule has 0 unspecified atom stereocenters. The molecule has 0 amide bonds. The second-order valence-corrected chi connectivity index (χ2v) is 6.14. The molecule has 0 bridgehead atoms. The van der Waals surface area contributed by atoms with Gasteiger partial charge in [-0.05, 0) is 47.2 Å². The molecule has 0 radical (unpaired) electrons. The number of hydrogen-bond acceptors (Lipinski definition) is 2. The molecule has 0 fully saturated rings. The standard InChI is InChI=1S/C22H22O3/c23-22(24)15-6-3-10-18-9-2-5-14-21(18)25-16-19-12-7-11-17-8-1-4-13-20(17)19/h1-2,4-5,7-9,11-14H,3,6,10,15-16H2,(H,23,24). The molecule has 0 aliphatic heterocycles. The van der Waals surface area contributed by atoms with Gasteiger partial charge in [-0.2, -0.15) is 0 Å². The van der Waals surface area contributed by atoms with Gasteiger partial charge < -0.3 is 9.84 Å². The molecular formula is C22H22O3. The number of para-hydroxylation sites is 1. The van der Waals surface area contributed by atoms with Crippen molar-refractivity contribution < 1.29 is 14.6 Å². The summed E-state index contributed by atoms with van der Waals surface area (Å²) in [5.74, 6) is 0.145. The van der Waals surface area contributed by atoms with Gasteiger partial charge in [-0.3, -0.25) is 4.79 Å². The van der Waals surface area contributed by atoms with E-state index in [1.165, 1.54) is 16.3 Å². The average molecular weight is 334 g/mol. The van der Waals surface area contributed by atoms with E-state index < -0.39 is 5.97 Å². The van der Waals surface area contributed by atoms with Gasteiger partial charge >= 0.3 is 5.97 Å². The van der Waals surface area contributed by atoms with E-state index in [0.717, 1.165) is 24.2 Å². The third kappa shape index (κ3) is 4.60. The summed E-state index contributed by atoms with van der Waals surface area (Å²) in [4.78, 5) is 10.6. The summed E-state index contributed by atoms with van der Waals surface area (Å²) in [6.45, 7) is 0.521. The van der Waals surface area contributed by atoms with Gasteiger partial charge in [0.15, 0.2) is 0 Å². The quantitative estimate of drug-likeness (QED) is 0.575. The van der Waals surface area contributed by atoms with Crippen LogP contribution in [0.2, 0.25) is 0 Å². The van der Waals surface area contributed by atoms with E-state index in [4.69, 9.17) is 9.84 Å². The van der Waals surface area contributed by atoms with Crippen LogP contribution in [0.4, 0.5) is 0 Å². The SMILES string of the molecule is O=C(O)CCCCc1ccccc1OCc1cccc2ccccc12. The molecule has 0 aromatic heterocycles. The van der Waals surface area contributed by atoms with Crippen LogP contribution in [0.5, 0.6) is 5.75 Å². The van der Waals surface area contributed by atoms with E-state index in [0.29, 0.717) is 13.0 Å². The van der Waals surface area contributed by atoms with E-state index in [2.05, 4.69) is 36.4 Å². The molecule has 3 rings (SSSR count). The molecular weight excluding hydrogens is 312 g/mol. The Kier molecular flexibility index (Phi) is 5.68. The summed E-state index contributed by atoms with van der Waals surface area (Å²) < 4.78 is 6.09. The van der Waals surface area contributed by atoms with Gasteiger partial charge in [0.1, 0.15) is 12.4 Å². The van der Waals surface area contributed by atoms with Gasteiger partial charge in [0, 0.05) is 6.42 Å². The first kappa shape index (κ1) is 17.0. The summed E-state index contributed by atoms with van der Waals surface area (Å²) >= 11 is 0. The zero-order valence-electron chi connectivity index (χ0n) is 14.2. The number of rotatable bonds is 8. The zero-order chi connectivity index (χ0) is 17.5. The second-order valence-electron chi connectivity index (χ2n) is 6.14. The first-order chi connectivity index (χ1) is 12.2. The lowest BCUT2D eigenvalue weighted by Gasteiger charge is -2.13. The molecule has 3 aromatic rings. The van der Waals surface area contributed by atoms with Crippen LogP contribution in [0.1, 0.15) is 30.4 Å². The lowest BCUT2D eigenvalue weighted by atomic mass is 10.0. The van der Waals surface area contributed by atoms with Crippen LogP contribution in [-0.4, -0.2) is 11.1 Å². The van der Waals surface area contributed by atoms with E-state index in [1.807, 2.05) is 30.3 Å². The highest BCUT2D eigenvalue weighted by molar-refractivity contribution is 5.85. The molecule has 3 heteroatoms. The van der Waals surface area contributed by atoms with Gasteiger partial charge in [0.05, 0.1) is 0 Å². The smallest absolute Gasteiger partial charge is 0.303 e. The van der Waals surface area contributed by atoms with Crippen LogP contribution < -0.4 is 4.74 Å². The first-order valence-electron chi connectivity index (χ1n) is 8.63. The maximum absolute atomic E-state index is 10.6. The highest BCUT2D eigenvalue weighted by atomic mass is 16.5. The number of aliphatic carboxylic acids is 1. The van der Waals surface area contributed by atoms with Gasteiger partial charge in [-0.1, -0.05) is 60.7 Å². The van der Waals surface area contributed by atoms with Crippen molar-refractivity contribution in [3.05, 3.63) is 77.9 Å². The van der Waals surface area contributed by atoms with Gasteiger partial charge in [0.2, 0.25) is 0 Å². The number of fused-ring (bicyclic) bond motifs is 1. The molecule has 0 saturated heterocycles. The molecule has 1 N–H and O–H groups in total. The molecule has 0 aliphatic rings. The number of aryl methyl sites for hydroxylation is 1. The molecule has 3 nitrogen and oxygen atoms in total. The van der Waals surface area contributed by atoms with Crippen molar-refractivity contribution in [2.75, 3.05) is 0 Å². The third-order valence-corrected chi connectivity index (χ3v) is 4.32. The Morgan fingerprint density at radius 3 is 2.44 bits per heavy atom. The number of unbranched alkanes of at least 4 members (excludes halogenated alkanes) is 1. The van der Waals surface area contributed by atoms with Crippen LogP contribution in [0.3, 0.4) is 0 Å². The first-order valence-corrected chi connectivity index (χ1v) is 8.63. The average Bonchev–Trinajstić information content (AvgIpc) is 2.64. The molecule has 0 atom stereocenters. The van der Waals surface area contributed by atoms with Gasteiger partial charge in [-0.15, -0.1) is 0 Å². The summed E-state index contributed by atoms with van der Waals surface area (Å²) in [6, 6.07) is 22.6. The van der Waals surface area contributed by atoms with Crippen molar-refractivity contribution in [2.45, 2.75) is 32.3 Å².